The third-order valence-corrected chi connectivity index (χ3v) is 3.48. The molecule has 2 rings (SSSR count). The Morgan fingerprint density at radius 3 is 2.55 bits per heavy atom. The summed E-state index contributed by atoms with van der Waals surface area (Å²) in [7, 11) is 1.60. The molecule has 0 spiro atoms. The lowest BCUT2D eigenvalue weighted by molar-refractivity contribution is 0.104. The van der Waals surface area contributed by atoms with Crippen molar-refractivity contribution in [3.05, 3.63) is 69.2 Å². The number of methoxy groups -OCH3 is 1. The van der Waals surface area contributed by atoms with Gasteiger partial charge in [-0.1, -0.05) is 27.5 Å². The van der Waals surface area contributed by atoms with E-state index in [0.29, 0.717) is 16.3 Å². The van der Waals surface area contributed by atoms with E-state index >= 15 is 0 Å². The molecule has 0 unspecified atom stereocenters. The number of ketones is 1. The van der Waals surface area contributed by atoms with Gasteiger partial charge in [0.15, 0.2) is 5.78 Å². The summed E-state index contributed by atoms with van der Waals surface area (Å²) in [6.45, 7) is 0. The fourth-order valence-corrected chi connectivity index (χ4v) is 2.22. The Bertz CT molecular complexity index is 648. The number of allylic oxidation sites excluding steroid dienone is 1. The summed E-state index contributed by atoms with van der Waals surface area (Å²) in [5.74, 6) is 0.636. The van der Waals surface area contributed by atoms with Crippen molar-refractivity contribution in [2.75, 3.05) is 7.11 Å². The summed E-state index contributed by atoms with van der Waals surface area (Å²) in [6, 6.07) is 12.4. The Balaban J connectivity index is 2.22. The van der Waals surface area contributed by atoms with Crippen LogP contribution < -0.4 is 4.74 Å². The van der Waals surface area contributed by atoms with Crippen molar-refractivity contribution in [3.63, 3.8) is 0 Å². The number of carbonyl (C=O) groups excluding carboxylic acids is 1. The van der Waals surface area contributed by atoms with Gasteiger partial charge in [-0.2, -0.15) is 0 Å². The van der Waals surface area contributed by atoms with Crippen LogP contribution in [0.15, 0.2) is 53.0 Å². The topological polar surface area (TPSA) is 26.3 Å². The van der Waals surface area contributed by atoms with E-state index in [2.05, 4.69) is 15.9 Å². The number of carbonyl (C=O) groups is 1. The van der Waals surface area contributed by atoms with E-state index < -0.39 is 0 Å². The van der Waals surface area contributed by atoms with Crippen LogP contribution in [0.2, 0.25) is 5.02 Å². The molecule has 0 aliphatic heterocycles. The van der Waals surface area contributed by atoms with Crippen molar-refractivity contribution in [2.24, 2.45) is 0 Å². The summed E-state index contributed by atoms with van der Waals surface area (Å²) >= 11 is 9.19. The summed E-state index contributed by atoms with van der Waals surface area (Å²) in [5.41, 5.74) is 1.43. The van der Waals surface area contributed by atoms with E-state index in [9.17, 15) is 4.79 Å². The summed E-state index contributed by atoms with van der Waals surface area (Å²) in [4.78, 5) is 12.0. The highest BCUT2D eigenvalue weighted by Gasteiger charge is 2.04. The van der Waals surface area contributed by atoms with Crippen LogP contribution in [-0.4, -0.2) is 12.9 Å². The van der Waals surface area contributed by atoms with E-state index in [4.69, 9.17) is 16.3 Å². The van der Waals surface area contributed by atoms with E-state index in [1.54, 1.807) is 37.5 Å². The molecule has 4 heteroatoms. The molecule has 0 aliphatic carbocycles. The van der Waals surface area contributed by atoms with Crippen LogP contribution in [-0.2, 0) is 0 Å². The maximum absolute atomic E-state index is 12.0. The van der Waals surface area contributed by atoms with Gasteiger partial charge in [0.1, 0.15) is 5.75 Å². The van der Waals surface area contributed by atoms with Crippen LogP contribution in [0, 0.1) is 0 Å². The standard InChI is InChI=1S/C16H12BrClO2/c1-20-16-9-5-13(17)10-12(16)4-8-15(19)11-2-6-14(18)7-3-11/h2-10H,1H3. The molecule has 0 saturated carbocycles. The van der Waals surface area contributed by atoms with Gasteiger partial charge in [0, 0.05) is 20.6 Å². The SMILES string of the molecule is COc1ccc(Br)cc1C=CC(=O)c1ccc(Cl)cc1. The number of ether oxygens (including phenoxy) is 1. The molecule has 0 saturated heterocycles. The van der Waals surface area contributed by atoms with Crippen molar-refractivity contribution in [1.29, 1.82) is 0 Å². The Labute approximate surface area is 131 Å². The lowest BCUT2D eigenvalue weighted by atomic mass is 10.1. The lowest BCUT2D eigenvalue weighted by Gasteiger charge is -2.04. The molecule has 2 aromatic rings. The van der Waals surface area contributed by atoms with Crippen molar-refractivity contribution in [1.82, 2.24) is 0 Å². The van der Waals surface area contributed by atoms with Gasteiger partial charge in [-0.3, -0.25) is 4.79 Å². The third-order valence-electron chi connectivity index (χ3n) is 2.73. The highest BCUT2D eigenvalue weighted by Crippen LogP contribution is 2.24. The highest BCUT2D eigenvalue weighted by molar-refractivity contribution is 9.10. The largest absolute Gasteiger partial charge is 0.496 e. The van der Waals surface area contributed by atoms with Crippen molar-refractivity contribution in [3.8, 4) is 5.75 Å². The maximum Gasteiger partial charge on any atom is 0.185 e. The van der Waals surface area contributed by atoms with Crippen LogP contribution in [0.3, 0.4) is 0 Å². The number of hydrogen-bond acceptors (Lipinski definition) is 2. The van der Waals surface area contributed by atoms with E-state index in [1.807, 2.05) is 18.2 Å². The lowest BCUT2D eigenvalue weighted by Crippen LogP contribution is -1.93. The predicted octanol–water partition coefficient (Wildman–Crippen LogP) is 5.01. The Morgan fingerprint density at radius 1 is 1.20 bits per heavy atom. The van der Waals surface area contributed by atoms with Gasteiger partial charge >= 0.3 is 0 Å². The van der Waals surface area contributed by atoms with Gasteiger partial charge in [-0.25, -0.2) is 0 Å². The van der Waals surface area contributed by atoms with Crippen molar-refractivity contribution < 1.29 is 9.53 Å². The molecule has 0 fully saturated rings. The first-order valence-corrected chi connectivity index (χ1v) is 7.09. The first kappa shape index (κ1) is 14.8. The number of benzene rings is 2. The zero-order valence-corrected chi connectivity index (χ0v) is 13.1. The summed E-state index contributed by atoms with van der Waals surface area (Å²) in [6.07, 6.45) is 3.26. The molecule has 0 aliphatic rings. The molecule has 0 heterocycles. The molecule has 102 valence electrons. The second-order valence-corrected chi connectivity index (χ2v) is 5.44. The second kappa shape index (κ2) is 6.73. The van der Waals surface area contributed by atoms with Gasteiger partial charge in [0.05, 0.1) is 7.11 Å². The number of rotatable bonds is 4. The molecule has 0 amide bonds. The molecule has 0 bridgehead atoms. The molecule has 0 atom stereocenters. The average Bonchev–Trinajstić information content (AvgIpc) is 2.45. The predicted molar refractivity (Wildman–Crippen MR) is 85.5 cm³/mol. The summed E-state index contributed by atoms with van der Waals surface area (Å²) < 4.78 is 6.18. The fraction of sp³-hybridized carbons (Fsp3) is 0.0625. The number of halogens is 2. The second-order valence-electron chi connectivity index (χ2n) is 4.09. The van der Waals surface area contributed by atoms with E-state index in [0.717, 1.165) is 10.0 Å². The third kappa shape index (κ3) is 3.71. The normalized spacial score (nSPS) is 10.8. The van der Waals surface area contributed by atoms with Crippen molar-refractivity contribution in [2.45, 2.75) is 0 Å². The smallest absolute Gasteiger partial charge is 0.185 e. The van der Waals surface area contributed by atoms with Crippen LogP contribution in [0.25, 0.3) is 6.08 Å². The van der Waals surface area contributed by atoms with Crippen molar-refractivity contribution >= 4 is 39.4 Å². The van der Waals surface area contributed by atoms with Crippen LogP contribution in [0.1, 0.15) is 15.9 Å². The number of hydrogen-bond donors (Lipinski definition) is 0. The maximum atomic E-state index is 12.0. The van der Waals surface area contributed by atoms with Crippen LogP contribution >= 0.6 is 27.5 Å². The minimum atomic E-state index is -0.0799. The molecule has 20 heavy (non-hydrogen) atoms. The molecule has 0 N–H and O–H groups in total. The first-order valence-electron chi connectivity index (χ1n) is 5.91. The quantitative estimate of drug-likeness (QED) is 0.572. The molecule has 0 aromatic heterocycles. The van der Waals surface area contributed by atoms with Gasteiger partial charge < -0.3 is 4.74 Å². The molecule has 0 radical (unpaired) electrons. The highest BCUT2D eigenvalue weighted by atomic mass is 79.9. The molecular weight excluding hydrogens is 340 g/mol. The van der Waals surface area contributed by atoms with Crippen LogP contribution in [0.5, 0.6) is 5.75 Å². The Morgan fingerprint density at radius 2 is 1.90 bits per heavy atom. The van der Waals surface area contributed by atoms with Gasteiger partial charge in [-0.05, 0) is 54.6 Å². The molecule has 2 nitrogen and oxygen atoms in total. The minimum Gasteiger partial charge on any atom is -0.496 e. The van der Waals surface area contributed by atoms with E-state index in [1.165, 1.54) is 6.08 Å². The van der Waals surface area contributed by atoms with Gasteiger partial charge in [-0.15, -0.1) is 0 Å². The summed E-state index contributed by atoms with van der Waals surface area (Å²) in [5, 5.41) is 0.610. The Hall–Kier alpha value is -1.58. The fourth-order valence-electron chi connectivity index (χ4n) is 1.71. The van der Waals surface area contributed by atoms with Gasteiger partial charge in [0.25, 0.3) is 0 Å². The monoisotopic (exact) mass is 350 g/mol. The first-order chi connectivity index (χ1) is 9.60. The average molecular weight is 352 g/mol. The Kier molecular flexibility index (Phi) is 4.99. The zero-order chi connectivity index (χ0) is 14.5. The zero-order valence-electron chi connectivity index (χ0n) is 10.8. The molecular formula is C16H12BrClO2. The van der Waals surface area contributed by atoms with E-state index in [-0.39, 0.29) is 5.78 Å². The van der Waals surface area contributed by atoms with Crippen LogP contribution in [0.4, 0.5) is 0 Å². The minimum absolute atomic E-state index is 0.0799. The van der Waals surface area contributed by atoms with Gasteiger partial charge in [0.2, 0.25) is 0 Å². The molecule has 2 aromatic carbocycles.